The van der Waals surface area contributed by atoms with Gasteiger partial charge in [0.2, 0.25) is 5.28 Å². The second-order valence-electron chi connectivity index (χ2n) is 3.40. The summed E-state index contributed by atoms with van der Waals surface area (Å²) in [6.07, 6.45) is 2.70. The van der Waals surface area contributed by atoms with E-state index in [1.807, 2.05) is 0 Å². The van der Waals surface area contributed by atoms with Gasteiger partial charge in [0.1, 0.15) is 5.82 Å². The molecule has 0 spiro atoms. The average molecular weight is 216 g/mol. The first-order valence-corrected chi connectivity index (χ1v) is 4.87. The van der Waals surface area contributed by atoms with Crippen molar-refractivity contribution in [3.63, 3.8) is 0 Å². The van der Waals surface area contributed by atoms with Gasteiger partial charge in [0.05, 0.1) is 6.42 Å². The number of rotatable bonds is 2. The zero-order valence-electron chi connectivity index (χ0n) is 7.48. The van der Waals surface area contributed by atoms with E-state index in [-0.39, 0.29) is 12.5 Å². The van der Waals surface area contributed by atoms with Gasteiger partial charge in [-0.1, -0.05) is 0 Å². The van der Waals surface area contributed by atoms with Crippen molar-refractivity contribution in [3.05, 3.63) is 11.1 Å². The van der Waals surface area contributed by atoms with Crippen LogP contribution < -0.4 is 0 Å². The molecule has 76 valence electrons. The summed E-state index contributed by atoms with van der Waals surface area (Å²) in [6.45, 7) is 0. The van der Waals surface area contributed by atoms with Gasteiger partial charge in [0.15, 0.2) is 0 Å². The minimum Gasteiger partial charge on any atom is -0.481 e. The molecule has 5 nitrogen and oxygen atoms in total. The minimum absolute atomic E-state index is 0.0845. The van der Waals surface area contributed by atoms with Crippen molar-refractivity contribution < 1.29 is 9.90 Å². The summed E-state index contributed by atoms with van der Waals surface area (Å²) < 4.78 is 1.74. The van der Waals surface area contributed by atoms with Gasteiger partial charge in [-0.2, -0.15) is 0 Å². The number of nitrogens with zero attached hydrogens (tertiary/aromatic N) is 3. The quantitative estimate of drug-likeness (QED) is 0.807. The third-order valence-corrected chi connectivity index (χ3v) is 2.70. The van der Waals surface area contributed by atoms with E-state index in [0.717, 1.165) is 25.1 Å². The summed E-state index contributed by atoms with van der Waals surface area (Å²) in [5.41, 5.74) is 0. The highest BCUT2D eigenvalue weighted by Gasteiger charge is 2.25. The highest BCUT2D eigenvalue weighted by Crippen LogP contribution is 2.29. The second kappa shape index (κ2) is 3.57. The highest BCUT2D eigenvalue weighted by atomic mass is 35.5. The van der Waals surface area contributed by atoms with Crippen LogP contribution in [-0.2, 0) is 11.2 Å². The molecule has 1 N–H and O–H groups in total. The number of aryl methyl sites for hydroxylation is 1. The number of carbonyl (C=O) groups is 1. The Morgan fingerprint density at radius 2 is 2.43 bits per heavy atom. The average Bonchev–Trinajstić information content (AvgIpc) is 2.48. The van der Waals surface area contributed by atoms with Crippen LogP contribution in [0.4, 0.5) is 0 Å². The number of aromatic nitrogens is 3. The van der Waals surface area contributed by atoms with Crippen LogP contribution >= 0.6 is 11.6 Å². The van der Waals surface area contributed by atoms with E-state index in [1.54, 1.807) is 4.57 Å². The zero-order valence-corrected chi connectivity index (χ0v) is 8.24. The summed E-state index contributed by atoms with van der Waals surface area (Å²) in [6, 6.07) is -0.0845. The van der Waals surface area contributed by atoms with E-state index in [9.17, 15) is 4.79 Å². The Balaban J connectivity index is 2.29. The minimum atomic E-state index is -0.812. The fourth-order valence-electron chi connectivity index (χ4n) is 1.85. The lowest BCUT2D eigenvalue weighted by atomic mass is 10.0. The summed E-state index contributed by atoms with van der Waals surface area (Å²) in [4.78, 5) is 10.6. The molecule has 2 rings (SSSR count). The molecule has 0 saturated carbocycles. The molecule has 2 heterocycles. The van der Waals surface area contributed by atoms with Gasteiger partial charge >= 0.3 is 5.97 Å². The predicted octanol–water partition coefficient (Wildman–Crippen LogP) is 1.28. The topological polar surface area (TPSA) is 68.0 Å². The Morgan fingerprint density at radius 1 is 1.64 bits per heavy atom. The fourth-order valence-corrected chi connectivity index (χ4v) is 2.13. The zero-order chi connectivity index (χ0) is 10.1. The van der Waals surface area contributed by atoms with E-state index < -0.39 is 5.97 Å². The standard InChI is InChI=1S/C8H10ClN3O2/c9-8-11-10-6-3-1-2-5(12(6)8)4-7(13)14/h5H,1-4H2,(H,13,14). The van der Waals surface area contributed by atoms with Gasteiger partial charge in [0.25, 0.3) is 0 Å². The van der Waals surface area contributed by atoms with Gasteiger partial charge in [-0.05, 0) is 24.4 Å². The van der Waals surface area contributed by atoms with Gasteiger partial charge < -0.3 is 5.11 Å². The van der Waals surface area contributed by atoms with E-state index in [1.165, 1.54) is 0 Å². The van der Waals surface area contributed by atoms with Crippen LogP contribution in [-0.4, -0.2) is 25.8 Å². The van der Waals surface area contributed by atoms with Crippen LogP contribution in [0.1, 0.15) is 31.1 Å². The molecule has 0 radical (unpaired) electrons. The summed E-state index contributed by atoms with van der Waals surface area (Å²) in [5.74, 6) is -0.0138. The number of carboxylic acids is 1. The van der Waals surface area contributed by atoms with Gasteiger partial charge in [-0.15, -0.1) is 10.2 Å². The molecule has 1 atom stereocenters. The molecule has 1 aromatic rings. The van der Waals surface area contributed by atoms with Crippen LogP contribution in [0, 0.1) is 0 Å². The number of hydrogen-bond donors (Lipinski definition) is 1. The van der Waals surface area contributed by atoms with Crippen molar-refractivity contribution in [1.82, 2.24) is 14.8 Å². The van der Waals surface area contributed by atoms with Crippen molar-refractivity contribution in [2.75, 3.05) is 0 Å². The van der Waals surface area contributed by atoms with Crippen molar-refractivity contribution in [2.24, 2.45) is 0 Å². The summed E-state index contributed by atoms with van der Waals surface area (Å²) in [5, 5.41) is 16.7. The normalized spacial score (nSPS) is 20.5. The molecular weight excluding hydrogens is 206 g/mol. The Kier molecular flexibility index (Phi) is 2.41. The summed E-state index contributed by atoms with van der Waals surface area (Å²) in [7, 11) is 0. The second-order valence-corrected chi connectivity index (χ2v) is 3.74. The van der Waals surface area contributed by atoms with E-state index in [4.69, 9.17) is 16.7 Å². The third-order valence-electron chi connectivity index (χ3n) is 2.44. The van der Waals surface area contributed by atoms with Crippen molar-refractivity contribution in [1.29, 1.82) is 0 Å². The van der Waals surface area contributed by atoms with Crippen LogP contribution in [0.25, 0.3) is 0 Å². The molecule has 1 unspecified atom stereocenters. The summed E-state index contributed by atoms with van der Waals surface area (Å²) >= 11 is 5.83. The molecule has 0 aromatic carbocycles. The van der Waals surface area contributed by atoms with E-state index in [2.05, 4.69) is 10.2 Å². The van der Waals surface area contributed by atoms with Crippen molar-refractivity contribution >= 4 is 17.6 Å². The Morgan fingerprint density at radius 3 is 3.14 bits per heavy atom. The maximum absolute atomic E-state index is 10.6. The molecule has 0 aliphatic carbocycles. The molecule has 6 heteroatoms. The number of halogens is 1. The molecule has 1 aliphatic heterocycles. The first-order valence-electron chi connectivity index (χ1n) is 4.49. The largest absolute Gasteiger partial charge is 0.481 e. The third kappa shape index (κ3) is 1.59. The van der Waals surface area contributed by atoms with Crippen LogP contribution in [0.2, 0.25) is 5.28 Å². The molecule has 0 amide bonds. The van der Waals surface area contributed by atoms with Crippen molar-refractivity contribution in [3.8, 4) is 0 Å². The Labute approximate surface area is 85.7 Å². The number of aliphatic carboxylic acids is 1. The monoisotopic (exact) mass is 215 g/mol. The highest BCUT2D eigenvalue weighted by molar-refractivity contribution is 6.28. The Hall–Kier alpha value is -1.10. The Bertz CT molecular complexity index is 363. The molecule has 0 bridgehead atoms. The van der Waals surface area contributed by atoms with E-state index in [0.29, 0.717) is 5.28 Å². The predicted molar refractivity (Wildman–Crippen MR) is 49.3 cm³/mol. The van der Waals surface area contributed by atoms with Crippen LogP contribution in [0.3, 0.4) is 0 Å². The SMILES string of the molecule is O=C(O)CC1CCCc2nnc(Cl)n21. The first-order chi connectivity index (χ1) is 6.68. The molecule has 0 fully saturated rings. The molecule has 0 saturated heterocycles. The number of carboxylic acid groups (broad SMARTS) is 1. The molecule has 1 aliphatic rings. The maximum Gasteiger partial charge on any atom is 0.305 e. The van der Waals surface area contributed by atoms with Gasteiger partial charge in [0, 0.05) is 12.5 Å². The van der Waals surface area contributed by atoms with Crippen LogP contribution in [0.5, 0.6) is 0 Å². The molecule has 14 heavy (non-hydrogen) atoms. The number of hydrogen-bond acceptors (Lipinski definition) is 3. The maximum atomic E-state index is 10.6. The lowest BCUT2D eigenvalue weighted by Gasteiger charge is -2.23. The first kappa shape index (κ1) is 9.45. The van der Waals surface area contributed by atoms with Crippen molar-refractivity contribution in [2.45, 2.75) is 31.7 Å². The smallest absolute Gasteiger partial charge is 0.305 e. The van der Waals surface area contributed by atoms with E-state index >= 15 is 0 Å². The molecular formula is C8H10ClN3O2. The van der Waals surface area contributed by atoms with Gasteiger partial charge in [-0.25, -0.2) is 0 Å². The lowest BCUT2D eigenvalue weighted by molar-refractivity contribution is -0.138. The lowest BCUT2D eigenvalue weighted by Crippen LogP contribution is -2.20. The van der Waals surface area contributed by atoms with Crippen LogP contribution in [0.15, 0.2) is 0 Å². The fraction of sp³-hybridized carbons (Fsp3) is 0.625. The number of fused-ring (bicyclic) bond motifs is 1. The molecule has 1 aromatic heterocycles. The van der Waals surface area contributed by atoms with Gasteiger partial charge in [-0.3, -0.25) is 9.36 Å².